The van der Waals surface area contributed by atoms with Crippen molar-refractivity contribution in [1.82, 2.24) is 4.98 Å². The molecule has 3 nitrogen and oxygen atoms in total. The van der Waals surface area contributed by atoms with Crippen molar-refractivity contribution >= 4 is 17.4 Å². The monoisotopic (exact) mass is 270 g/mol. The molecular weight excluding hydrogens is 248 g/mol. The first-order valence-electron chi connectivity index (χ1n) is 6.65. The van der Waals surface area contributed by atoms with E-state index in [4.69, 9.17) is 16.7 Å². The van der Waals surface area contributed by atoms with E-state index in [-0.39, 0.29) is 6.61 Å². The molecule has 18 heavy (non-hydrogen) atoms. The number of anilines is 1. The lowest BCUT2D eigenvalue weighted by Gasteiger charge is -2.30. The summed E-state index contributed by atoms with van der Waals surface area (Å²) in [5.41, 5.74) is 0.753. The lowest BCUT2D eigenvalue weighted by atomic mass is 10.2. The summed E-state index contributed by atoms with van der Waals surface area (Å²) in [5, 5.41) is 9.70. The molecule has 1 atom stereocenters. The van der Waals surface area contributed by atoms with Gasteiger partial charge in [0.15, 0.2) is 0 Å². The first kappa shape index (κ1) is 15.3. The quantitative estimate of drug-likeness (QED) is 0.822. The third-order valence-electron chi connectivity index (χ3n) is 3.21. The Labute approximate surface area is 115 Å². The molecule has 1 unspecified atom stereocenters. The van der Waals surface area contributed by atoms with Crippen LogP contribution in [0.2, 0.25) is 5.02 Å². The van der Waals surface area contributed by atoms with Crippen LogP contribution in [0, 0.1) is 0 Å². The van der Waals surface area contributed by atoms with E-state index in [9.17, 15) is 0 Å². The lowest BCUT2D eigenvalue weighted by molar-refractivity contribution is 0.281. The summed E-state index contributed by atoms with van der Waals surface area (Å²) in [6.07, 6.45) is 5.04. The van der Waals surface area contributed by atoms with Crippen LogP contribution in [0.4, 0.5) is 5.82 Å². The molecule has 1 aromatic rings. The Morgan fingerprint density at radius 3 is 2.67 bits per heavy atom. The summed E-state index contributed by atoms with van der Waals surface area (Å²) in [5.74, 6) is 0.830. The van der Waals surface area contributed by atoms with Gasteiger partial charge in [-0.05, 0) is 31.4 Å². The minimum atomic E-state index is -0.0225. The molecule has 4 heteroatoms. The molecule has 0 saturated carbocycles. The van der Waals surface area contributed by atoms with Crippen molar-refractivity contribution in [2.45, 2.75) is 52.7 Å². The number of aliphatic hydroxyl groups is 1. The molecule has 0 aliphatic heterocycles. The molecule has 0 spiro atoms. The molecule has 0 aliphatic carbocycles. The van der Waals surface area contributed by atoms with Gasteiger partial charge in [-0.2, -0.15) is 0 Å². The Hall–Kier alpha value is -0.800. The molecule has 0 aliphatic rings. The number of nitrogens with zero attached hydrogens (tertiary/aromatic N) is 2. The van der Waals surface area contributed by atoms with Crippen LogP contribution in [0.1, 0.15) is 45.6 Å². The van der Waals surface area contributed by atoms with Crippen LogP contribution in [0.15, 0.2) is 12.3 Å². The summed E-state index contributed by atoms with van der Waals surface area (Å²) in [6, 6.07) is 2.21. The van der Waals surface area contributed by atoms with E-state index in [1.807, 2.05) is 0 Å². The van der Waals surface area contributed by atoms with Crippen molar-refractivity contribution < 1.29 is 5.11 Å². The van der Waals surface area contributed by atoms with Gasteiger partial charge in [0.25, 0.3) is 0 Å². The number of pyridine rings is 1. The molecule has 0 aromatic carbocycles. The van der Waals surface area contributed by atoms with Gasteiger partial charge in [0.1, 0.15) is 5.82 Å². The first-order valence-corrected chi connectivity index (χ1v) is 7.03. The average Bonchev–Trinajstić information content (AvgIpc) is 2.39. The Bertz CT molecular complexity index is 371. The second-order valence-corrected chi connectivity index (χ2v) is 5.02. The van der Waals surface area contributed by atoms with Crippen LogP contribution < -0.4 is 4.90 Å². The number of rotatable bonds is 7. The minimum absolute atomic E-state index is 0.0225. The van der Waals surface area contributed by atoms with Crippen LogP contribution in [-0.2, 0) is 6.61 Å². The van der Waals surface area contributed by atoms with E-state index in [1.165, 1.54) is 0 Å². The van der Waals surface area contributed by atoms with Gasteiger partial charge in [-0.1, -0.05) is 31.9 Å². The highest BCUT2D eigenvalue weighted by Gasteiger charge is 2.17. The van der Waals surface area contributed by atoms with Crippen molar-refractivity contribution in [1.29, 1.82) is 0 Å². The molecule has 1 N–H and O–H groups in total. The molecule has 1 rings (SSSR count). The van der Waals surface area contributed by atoms with Crippen LogP contribution in [0.25, 0.3) is 0 Å². The summed E-state index contributed by atoms with van der Waals surface area (Å²) in [7, 11) is 0. The van der Waals surface area contributed by atoms with Gasteiger partial charge in [-0.3, -0.25) is 0 Å². The zero-order valence-corrected chi connectivity index (χ0v) is 12.2. The van der Waals surface area contributed by atoms with E-state index in [0.29, 0.717) is 11.1 Å². The van der Waals surface area contributed by atoms with Crippen LogP contribution >= 0.6 is 11.6 Å². The number of hydrogen-bond donors (Lipinski definition) is 1. The largest absolute Gasteiger partial charge is 0.392 e. The summed E-state index contributed by atoms with van der Waals surface area (Å²) in [4.78, 5) is 6.66. The summed E-state index contributed by atoms with van der Waals surface area (Å²) < 4.78 is 0. The number of unbranched alkanes of at least 4 members (excludes halogenated alkanes) is 1. The third-order valence-corrected chi connectivity index (χ3v) is 3.49. The topological polar surface area (TPSA) is 36.4 Å². The van der Waals surface area contributed by atoms with Crippen molar-refractivity contribution in [3.63, 3.8) is 0 Å². The van der Waals surface area contributed by atoms with E-state index in [2.05, 4.69) is 30.7 Å². The fourth-order valence-corrected chi connectivity index (χ4v) is 2.15. The second-order valence-electron chi connectivity index (χ2n) is 4.61. The van der Waals surface area contributed by atoms with Crippen molar-refractivity contribution in [3.8, 4) is 0 Å². The van der Waals surface area contributed by atoms with Crippen molar-refractivity contribution in [2.75, 3.05) is 11.4 Å². The molecular formula is C14H23ClN2O. The number of halogens is 1. The third kappa shape index (κ3) is 3.85. The summed E-state index contributed by atoms with van der Waals surface area (Å²) in [6.45, 7) is 7.48. The molecule has 1 heterocycles. The van der Waals surface area contributed by atoms with Crippen molar-refractivity contribution in [2.24, 2.45) is 0 Å². The molecule has 102 valence electrons. The van der Waals surface area contributed by atoms with Crippen LogP contribution in [0.3, 0.4) is 0 Å². The van der Waals surface area contributed by atoms with Gasteiger partial charge >= 0.3 is 0 Å². The number of aliphatic hydroxyl groups excluding tert-OH is 1. The van der Waals surface area contributed by atoms with Gasteiger partial charge in [-0.15, -0.1) is 0 Å². The molecule has 0 amide bonds. The van der Waals surface area contributed by atoms with Crippen molar-refractivity contribution in [3.05, 3.63) is 22.8 Å². The Morgan fingerprint density at radius 1 is 1.44 bits per heavy atom. The van der Waals surface area contributed by atoms with E-state index < -0.39 is 0 Å². The Kier molecular flexibility index (Phi) is 6.44. The highest BCUT2D eigenvalue weighted by molar-refractivity contribution is 6.33. The Balaban J connectivity index is 2.96. The fourth-order valence-electron chi connectivity index (χ4n) is 1.85. The van der Waals surface area contributed by atoms with Crippen LogP contribution in [-0.4, -0.2) is 22.7 Å². The second kappa shape index (κ2) is 7.59. The van der Waals surface area contributed by atoms with Gasteiger partial charge in [0, 0.05) is 18.8 Å². The standard InChI is InChI=1S/C14H23ClN2O/c1-4-6-7-17(11(3)5-2)14-13(15)8-12(10-18)9-16-14/h8-9,11,18H,4-7,10H2,1-3H3. The first-order chi connectivity index (χ1) is 8.63. The SMILES string of the molecule is CCCCN(c1ncc(CO)cc1Cl)C(C)CC. The normalized spacial score (nSPS) is 12.5. The molecule has 1 aromatic heterocycles. The zero-order chi connectivity index (χ0) is 13.5. The molecule has 0 radical (unpaired) electrons. The number of hydrogen-bond acceptors (Lipinski definition) is 3. The maximum atomic E-state index is 9.08. The highest BCUT2D eigenvalue weighted by atomic mass is 35.5. The minimum Gasteiger partial charge on any atom is -0.392 e. The van der Waals surface area contributed by atoms with E-state index >= 15 is 0 Å². The van der Waals surface area contributed by atoms with E-state index in [1.54, 1.807) is 12.3 Å². The van der Waals surface area contributed by atoms with Gasteiger partial charge in [-0.25, -0.2) is 4.98 Å². The molecule has 0 bridgehead atoms. The van der Waals surface area contributed by atoms with Gasteiger partial charge in [0.2, 0.25) is 0 Å². The number of aromatic nitrogens is 1. The lowest BCUT2D eigenvalue weighted by Crippen LogP contribution is -2.34. The van der Waals surface area contributed by atoms with Gasteiger partial charge < -0.3 is 10.0 Å². The highest BCUT2D eigenvalue weighted by Crippen LogP contribution is 2.26. The predicted molar refractivity (Wildman–Crippen MR) is 77.2 cm³/mol. The van der Waals surface area contributed by atoms with E-state index in [0.717, 1.165) is 37.2 Å². The van der Waals surface area contributed by atoms with Crippen LogP contribution in [0.5, 0.6) is 0 Å². The summed E-state index contributed by atoms with van der Waals surface area (Å²) >= 11 is 6.27. The Morgan fingerprint density at radius 2 is 2.17 bits per heavy atom. The maximum absolute atomic E-state index is 9.08. The van der Waals surface area contributed by atoms with Gasteiger partial charge in [0.05, 0.1) is 11.6 Å². The molecule has 0 fully saturated rings. The average molecular weight is 271 g/mol. The maximum Gasteiger partial charge on any atom is 0.147 e. The molecule has 0 saturated heterocycles. The predicted octanol–water partition coefficient (Wildman–Crippen LogP) is 3.63. The zero-order valence-electron chi connectivity index (χ0n) is 11.5. The smallest absolute Gasteiger partial charge is 0.147 e. The fraction of sp³-hybridized carbons (Fsp3) is 0.643.